The van der Waals surface area contributed by atoms with Gasteiger partial charge in [0.1, 0.15) is 0 Å². The van der Waals surface area contributed by atoms with Crippen molar-refractivity contribution in [2.24, 2.45) is 0 Å². The van der Waals surface area contributed by atoms with Crippen molar-refractivity contribution in [2.75, 3.05) is 26.2 Å². The number of nitrogens with zero attached hydrogens (tertiary/aromatic N) is 1. The third kappa shape index (κ3) is 5.06. The van der Waals surface area contributed by atoms with Gasteiger partial charge in [0.05, 0.1) is 6.54 Å². The number of amides is 2. The van der Waals surface area contributed by atoms with Crippen LogP contribution >= 0.6 is 0 Å². The van der Waals surface area contributed by atoms with Gasteiger partial charge in [-0.15, -0.1) is 0 Å². The summed E-state index contributed by atoms with van der Waals surface area (Å²) >= 11 is 0. The summed E-state index contributed by atoms with van der Waals surface area (Å²) in [6.07, 6.45) is 2.73. The van der Waals surface area contributed by atoms with E-state index in [1.165, 1.54) is 0 Å². The van der Waals surface area contributed by atoms with Crippen LogP contribution in [0.5, 0.6) is 0 Å². The zero-order valence-corrected chi connectivity index (χ0v) is 15.0. The van der Waals surface area contributed by atoms with E-state index in [2.05, 4.69) is 15.5 Å². The van der Waals surface area contributed by atoms with E-state index in [-0.39, 0.29) is 17.9 Å². The van der Waals surface area contributed by atoms with Crippen LogP contribution in [0.4, 0.5) is 0 Å². The summed E-state index contributed by atoms with van der Waals surface area (Å²) in [7, 11) is 0. The Kier molecular flexibility index (Phi) is 6.79. The van der Waals surface area contributed by atoms with E-state index in [9.17, 15) is 9.59 Å². The molecule has 0 radical (unpaired) electrons. The lowest BCUT2D eigenvalue weighted by Crippen LogP contribution is -2.47. The number of hydrogen-bond acceptors (Lipinski definition) is 3. The van der Waals surface area contributed by atoms with Gasteiger partial charge in [-0.1, -0.05) is 19.1 Å². The fourth-order valence-electron chi connectivity index (χ4n) is 3.02. The van der Waals surface area contributed by atoms with Crippen molar-refractivity contribution in [3.8, 4) is 0 Å². The Morgan fingerprint density at radius 1 is 1.21 bits per heavy atom. The number of piperidine rings is 1. The van der Waals surface area contributed by atoms with Crippen LogP contribution in [-0.4, -0.2) is 48.9 Å². The zero-order valence-electron chi connectivity index (χ0n) is 15.0. The maximum atomic E-state index is 12.5. The van der Waals surface area contributed by atoms with Crippen LogP contribution in [0.2, 0.25) is 0 Å². The molecular weight excluding hydrogens is 302 g/mol. The van der Waals surface area contributed by atoms with Gasteiger partial charge in [-0.2, -0.15) is 0 Å². The molecule has 1 heterocycles. The number of nitrogens with one attached hydrogen (secondary N) is 2. The van der Waals surface area contributed by atoms with Crippen LogP contribution < -0.4 is 10.6 Å². The van der Waals surface area contributed by atoms with Crippen molar-refractivity contribution in [1.29, 1.82) is 0 Å². The average molecular weight is 331 g/mol. The zero-order chi connectivity index (χ0) is 17.5. The Balaban J connectivity index is 1.79. The number of aryl methyl sites for hydroxylation is 1. The van der Waals surface area contributed by atoms with Crippen LogP contribution in [0.1, 0.15) is 47.7 Å². The molecule has 0 aliphatic carbocycles. The molecule has 2 amide bonds. The van der Waals surface area contributed by atoms with Crippen LogP contribution in [0.3, 0.4) is 0 Å². The van der Waals surface area contributed by atoms with Gasteiger partial charge in [0.2, 0.25) is 5.91 Å². The minimum absolute atomic E-state index is 0.00957. The molecule has 0 atom stereocenters. The van der Waals surface area contributed by atoms with E-state index in [1.54, 1.807) is 0 Å². The first kappa shape index (κ1) is 18.5. The SMILES string of the molecule is CCCNC(=O)CN1CCC(NC(=O)c2cccc(C)c2C)CC1. The molecule has 0 spiro atoms. The number of hydrogen-bond donors (Lipinski definition) is 2. The van der Waals surface area contributed by atoms with Gasteiger partial charge in [0, 0.05) is 31.2 Å². The molecule has 0 unspecified atom stereocenters. The lowest BCUT2D eigenvalue weighted by atomic mass is 10.0. The van der Waals surface area contributed by atoms with E-state index >= 15 is 0 Å². The molecule has 5 nitrogen and oxygen atoms in total. The van der Waals surface area contributed by atoms with Crippen molar-refractivity contribution >= 4 is 11.8 Å². The van der Waals surface area contributed by atoms with Crippen LogP contribution in [0.25, 0.3) is 0 Å². The molecule has 1 aromatic rings. The summed E-state index contributed by atoms with van der Waals surface area (Å²) in [5, 5.41) is 6.05. The topological polar surface area (TPSA) is 61.4 Å². The molecule has 2 rings (SSSR count). The Labute approximate surface area is 144 Å². The van der Waals surface area contributed by atoms with Crippen molar-refractivity contribution in [1.82, 2.24) is 15.5 Å². The number of benzene rings is 1. The van der Waals surface area contributed by atoms with Gasteiger partial charge in [0.15, 0.2) is 0 Å². The Bertz CT molecular complexity index is 578. The highest BCUT2D eigenvalue weighted by Gasteiger charge is 2.22. The fraction of sp³-hybridized carbons (Fsp3) is 0.579. The summed E-state index contributed by atoms with van der Waals surface area (Å²) in [6, 6.07) is 6.01. The molecule has 5 heteroatoms. The van der Waals surface area contributed by atoms with Gasteiger partial charge in [-0.3, -0.25) is 14.5 Å². The number of carbonyl (C=O) groups is 2. The molecule has 0 bridgehead atoms. The lowest BCUT2D eigenvalue weighted by Gasteiger charge is -2.32. The molecule has 24 heavy (non-hydrogen) atoms. The van der Waals surface area contributed by atoms with E-state index in [0.717, 1.165) is 55.6 Å². The van der Waals surface area contributed by atoms with Gasteiger partial charge >= 0.3 is 0 Å². The standard InChI is InChI=1S/C19H29N3O2/c1-4-10-20-18(23)13-22-11-8-16(9-12-22)21-19(24)17-7-5-6-14(2)15(17)3/h5-7,16H,4,8-13H2,1-3H3,(H,20,23)(H,21,24). The van der Waals surface area contributed by atoms with Gasteiger partial charge < -0.3 is 10.6 Å². The largest absolute Gasteiger partial charge is 0.355 e. The summed E-state index contributed by atoms with van der Waals surface area (Å²) in [4.78, 5) is 26.4. The van der Waals surface area contributed by atoms with E-state index in [4.69, 9.17) is 0 Å². The van der Waals surface area contributed by atoms with E-state index in [0.29, 0.717) is 6.54 Å². The molecule has 1 aliphatic rings. The molecule has 1 saturated heterocycles. The Hall–Kier alpha value is -1.88. The maximum absolute atomic E-state index is 12.5. The molecule has 1 fully saturated rings. The van der Waals surface area contributed by atoms with E-state index < -0.39 is 0 Å². The molecule has 1 aromatic carbocycles. The third-order valence-corrected chi connectivity index (χ3v) is 4.71. The minimum Gasteiger partial charge on any atom is -0.355 e. The fourth-order valence-corrected chi connectivity index (χ4v) is 3.02. The summed E-state index contributed by atoms with van der Waals surface area (Å²) < 4.78 is 0. The van der Waals surface area contributed by atoms with Crippen molar-refractivity contribution in [3.05, 3.63) is 34.9 Å². The van der Waals surface area contributed by atoms with Gasteiger partial charge in [-0.05, 0) is 50.3 Å². The van der Waals surface area contributed by atoms with Gasteiger partial charge in [0.25, 0.3) is 5.91 Å². The van der Waals surface area contributed by atoms with Crippen LogP contribution in [-0.2, 0) is 4.79 Å². The highest BCUT2D eigenvalue weighted by Crippen LogP contribution is 2.15. The highest BCUT2D eigenvalue weighted by atomic mass is 16.2. The molecule has 0 saturated carbocycles. The summed E-state index contributed by atoms with van der Waals surface area (Å²) in [5.74, 6) is 0.102. The number of rotatable bonds is 6. The monoisotopic (exact) mass is 331 g/mol. The first-order valence-electron chi connectivity index (χ1n) is 8.87. The Morgan fingerprint density at radius 3 is 2.58 bits per heavy atom. The van der Waals surface area contributed by atoms with Crippen molar-refractivity contribution in [3.63, 3.8) is 0 Å². The molecule has 2 N–H and O–H groups in total. The number of carbonyl (C=O) groups excluding carboxylic acids is 2. The van der Waals surface area contributed by atoms with E-state index in [1.807, 2.05) is 39.0 Å². The predicted molar refractivity (Wildman–Crippen MR) is 96.1 cm³/mol. The Morgan fingerprint density at radius 2 is 1.92 bits per heavy atom. The predicted octanol–water partition coefficient (Wildman–Crippen LogP) is 2.02. The third-order valence-electron chi connectivity index (χ3n) is 4.71. The normalized spacial score (nSPS) is 16.0. The minimum atomic E-state index is 0.00957. The first-order valence-corrected chi connectivity index (χ1v) is 8.87. The second kappa shape index (κ2) is 8.83. The molecule has 1 aliphatic heterocycles. The summed E-state index contributed by atoms with van der Waals surface area (Å²) in [6.45, 7) is 8.94. The van der Waals surface area contributed by atoms with Crippen LogP contribution in [0.15, 0.2) is 18.2 Å². The second-order valence-corrected chi connectivity index (χ2v) is 6.62. The van der Waals surface area contributed by atoms with Crippen molar-refractivity contribution in [2.45, 2.75) is 46.1 Å². The smallest absolute Gasteiger partial charge is 0.251 e. The van der Waals surface area contributed by atoms with Gasteiger partial charge in [-0.25, -0.2) is 0 Å². The molecule has 132 valence electrons. The second-order valence-electron chi connectivity index (χ2n) is 6.62. The quantitative estimate of drug-likeness (QED) is 0.838. The van der Waals surface area contributed by atoms with Crippen LogP contribution in [0, 0.1) is 13.8 Å². The van der Waals surface area contributed by atoms with Crippen molar-refractivity contribution < 1.29 is 9.59 Å². The summed E-state index contributed by atoms with van der Waals surface area (Å²) in [5.41, 5.74) is 2.94. The molecular formula is C19H29N3O2. The number of likely N-dealkylation sites (tertiary alicyclic amines) is 1. The highest BCUT2D eigenvalue weighted by molar-refractivity contribution is 5.96. The molecule has 0 aromatic heterocycles. The maximum Gasteiger partial charge on any atom is 0.251 e. The first-order chi connectivity index (χ1) is 11.5. The lowest BCUT2D eigenvalue weighted by molar-refractivity contribution is -0.122. The average Bonchev–Trinajstić information content (AvgIpc) is 2.57.